The number of hydrogen-bond donors (Lipinski definition) is 1. The van der Waals surface area contributed by atoms with E-state index in [1.807, 2.05) is 12.1 Å². The van der Waals surface area contributed by atoms with Crippen LogP contribution in [0.25, 0.3) is 33.8 Å². The number of rotatable bonds is 3. The molecule has 0 atom stereocenters. The average Bonchev–Trinajstić information content (AvgIpc) is 3.16. The van der Waals surface area contributed by atoms with Crippen molar-refractivity contribution in [2.24, 2.45) is 7.05 Å². The average molecular weight is 323 g/mol. The molecule has 0 unspecified atom stereocenters. The normalized spacial score (nSPS) is 11.1. The Bertz CT molecular complexity index is 1020. The highest BCUT2D eigenvalue weighted by atomic mass is 19.1. The maximum atomic E-state index is 14.3. The van der Waals surface area contributed by atoms with Gasteiger partial charge in [-0.3, -0.25) is 4.98 Å². The van der Waals surface area contributed by atoms with Gasteiger partial charge in [-0.25, -0.2) is 14.1 Å². The number of aromatic nitrogens is 5. The molecule has 4 rings (SSSR count). The summed E-state index contributed by atoms with van der Waals surface area (Å²) in [6.45, 7) is 0. The second kappa shape index (κ2) is 5.45. The lowest BCUT2D eigenvalue weighted by Gasteiger charge is -2.06. The fourth-order valence-corrected chi connectivity index (χ4v) is 2.74. The van der Waals surface area contributed by atoms with E-state index in [4.69, 9.17) is 4.74 Å². The van der Waals surface area contributed by atoms with Gasteiger partial charge in [0.15, 0.2) is 5.65 Å². The molecule has 0 bridgehead atoms. The third-order valence-electron chi connectivity index (χ3n) is 3.85. The quantitative estimate of drug-likeness (QED) is 0.629. The molecule has 24 heavy (non-hydrogen) atoms. The molecule has 1 aromatic carbocycles. The Morgan fingerprint density at radius 2 is 2.08 bits per heavy atom. The number of aromatic amines is 1. The van der Waals surface area contributed by atoms with Crippen LogP contribution >= 0.6 is 0 Å². The molecule has 0 aliphatic carbocycles. The van der Waals surface area contributed by atoms with Gasteiger partial charge in [-0.05, 0) is 24.3 Å². The van der Waals surface area contributed by atoms with E-state index in [2.05, 4.69) is 20.1 Å². The molecular formula is C17H14FN5O. The summed E-state index contributed by atoms with van der Waals surface area (Å²) in [6, 6.07) is 8.44. The molecule has 3 heterocycles. The number of fused-ring (bicyclic) bond motifs is 1. The van der Waals surface area contributed by atoms with Gasteiger partial charge in [0, 0.05) is 25.0 Å². The van der Waals surface area contributed by atoms with Gasteiger partial charge in [0.1, 0.15) is 28.6 Å². The predicted molar refractivity (Wildman–Crippen MR) is 88.0 cm³/mol. The predicted octanol–water partition coefficient (Wildman–Crippen LogP) is 3.17. The first kappa shape index (κ1) is 14.4. The van der Waals surface area contributed by atoms with Crippen LogP contribution in [0.4, 0.5) is 4.39 Å². The van der Waals surface area contributed by atoms with Gasteiger partial charge in [-0.1, -0.05) is 6.07 Å². The fraction of sp³-hybridized carbons (Fsp3) is 0.118. The van der Waals surface area contributed by atoms with Crippen LogP contribution in [0, 0.1) is 5.82 Å². The van der Waals surface area contributed by atoms with Gasteiger partial charge in [0.2, 0.25) is 0 Å². The third-order valence-corrected chi connectivity index (χ3v) is 3.85. The first-order valence-corrected chi connectivity index (χ1v) is 7.35. The Balaban J connectivity index is 1.95. The molecule has 0 radical (unpaired) electrons. The largest absolute Gasteiger partial charge is 0.496 e. The monoisotopic (exact) mass is 323 g/mol. The smallest absolute Gasteiger partial charge is 0.177 e. The van der Waals surface area contributed by atoms with Crippen LogP contribution in [0.15, 0.2) is 42.7 Å². The van der Waals surface area contributed by atoms with Crippen LogP contribution in [-0.2, 0) is 7.05 Å². The van der Waals surface area contributed by atoms with Crippen molar-refractivity contribution in [3.05, 3.63) is 48.5 Å². The Labute approximate surface area is 136 Å². The number of ether oxygens (including phenoxy) is 1. The van der Waals surface area contributed by atoms with Crippen LogP contribution in [-0.4, -0.2) is 31.8 Å². The molecule has 0 aliphatic rings. The molecule has 1 N–H and O–H groups in total. The molecule has 0 spiro atoms. The summed E-state index contributed by atoms with van der Waals surface area (Å²) in [7, 11) is 3.30. The van der Waals surface area contributed by atoms with Gasteiger partial charge in [0.05, 0.1) is 12.7 Å². The zero-order valence-corrected chi connectivity index (χ0v) is 13.1. The number of H-pyrrole nitrogens is 1. The molecule has 120 valence electrons. The summed E-state index contributed by atoms with van der Waals surface area (Å²) < 4.78 is 21.2. The molecule has 0 aliphatic heterocycles. The Morgan fingerprint density at radius 3 is 2.83 bits per heavy atom. The number of aryl methyl sites for hydroxylation is 1. The topological polar surface area (TPSA) is 68.6 Å². The van der Waals surface area contributed by atoms with Crippen molar-refractivity contribution in [3.8, 4) is 28.4 Å². The van der Waals surface area contributed by atoms with Gasteiger partial charge in [-0.15, -0.1) is 0 Å². The minimum atomic E-state index is -0.399. The number of halogens is 1. The van der Waals surface area contributed by atoms with Gasteiger partial charge in [-0.2, -0.15) is 5.10 Å². The van der Waals surface area contributed by atoms with E-state index in [9.17, 15) is 4.39 Å². The van der Waals surface area contributed by atoms with Crippen molar-refractivity contribution in [1.82, 2.24) is 24.7 Å². The molecule has 0 fully saturated rings. The van der Waals surface area contributed by atoms with Crippen LogP contribution in [0.2, 0.25) is 0 Å². The number of benzene rings is 1. The van der Waals surface area contributed by atoms with Gasteiger partial charge < -0.3 is 9.72 Å². The molecule has 4 aromatic rings. The SMILES string of the molecule is COc1cccc(F)c1-c1nc2c([nH]1)c(-c1cccnc1)nn2C. The minimum Gasteiger partial charge on any atom is -0.496 e. The summed E-state index contributed by atoms with van der Waals surface area (Å²) in [4.78, 5) is 11.8. The molecule has 0 amide bonds. The van der Waals surface area contributed by atoms with E-state index >= 15 is 0 Å². The molecule has 0 saturated carbocycles. The number of hydrogen-bond acceptors (Lipinski definition) is 4. The summed E-state index contributed by atoms with van der Waals surface area (Å²) >= 11 is 0. The van der Waals surface area contributed by atoms with Crippen molar-refractivity contribution in [3.63, 3.8) is 0 Å². The zero-order chi connectivity index (χ0) is 16.7. The summed E-state index contributed by atoms with van der Waals surface area (Å²) in [5, 5.41) is 4.48. The number of nitrogens with one attached hydrogen (secondary N) is 1. The maximum absolute atomic E-state index is 14.3. The molecule has 3 aromatic heterocycles. The van der Waals surface area contributed by atoms with Crippen molar-refractivity contribution >= 4 is 11.2 Å². The highest BCUT2D eigenvalue weighted by Crippen LogP contribution is 2.34. The second-order valence-corrected chi connectivity index (χ2v) is 5.32. The van der Waals surface area contributed by atoms with Crippen LogP contribution in [0.5, 0.6) is 5.75 Å². The van der Waals surface area contributed by atoms with Gasteiger partial charge >= 0.3 is 0 Å². The van der Waals surface area contributed by atoms with E-state index in [-0.39, 0.29) is 0 Å². The Kier molecular flexibility index (Phi) is 3.26. The van der Waals surface area contributed by atoms with Crippen LogP contribution in [0.3, 0.4) is 0 Å². The Hall–Kier alpha value is -3.22. The van der Waals surface area contributed by atoms with E-state index in [1.165, 1.54) is 13.2 Å². The van der Waals surface area contributed by atoms with Crippen LogP contribution in [0.1, 0.15) is 0 Å². The lowest BCUT2D eigenvalue weighted by Crippen LogP contribution is -1.95. The fourth-order valence-electron chi connectivity index (χ4n) is 2.74. The van der Waals surface area contributed by atoms with Crippen molar-refractivity contribution < 1.29 is 9.13 Å². The van der Waals surface area contributed by atoms with E-state index in [0.29, 0.717) is 22.8 Å². The zero-order valence-electron chi connectivity index (χ0n) is 13.1. The molecule has 0 saturated heterocycles. The Morgan fingerprint density at radius 1 is 1.21 bits per heavy atom. The van der Waals surface area contributed by atoms with Crippen LogP contribution < -0.4 is 4.74 Å². The molecule has 7 heteroatoms. The van der Waals surface area contributed by atoms with Crippen molar-refractivity contribution in [2.45, 2.75) is 0 Å². The number of imidazole rings is 1. The summed E-state index contributed by atoms with van der Waals surface area (Å²) in [6.07, 6.45) is 3.43. The number of pyridine rings is 1. The maximum Gasteiger partial charge on any atom is 0.177 e. The lowest BCUT2D eigenvalue weighted by molar-refractivity contribution is 0.413. The first-order chi connectivity index (χ1) is 11.7. The lowest BCUT2D eigenvalue weighted by atomic mass is 10.2. The molecule has 6 nitrogen and oxygen atoms in total. The number of nitrogens with zero attached hydrogens (tertiary/aromatic N) is 4. The van der Waals surface area contributed by atoms with Gasteiger partial charge in [0.25, 0.3) is 0 Å². The highest BCUT2D eigenvalue weighted by Gasteiger charge is 2.20. The first-order valence-electron chi connectivity index (χ1n) is 7.35. The summed E-state index contributed by atoms with van der Waals surface area (Å²) in [5.74, 6) is 0.423. The van der Waals surface area contributed by atoms with Crippen molar-refractivity contribution in [2.75, 3.05) is 7.11 Å². The minimum absolute atomic E-state index is 0.299. The number of methoxy groups -OCH3 is 1. The third kappa shape index (κ3) is 2.13. The van der Waals surface area contributed by atoms with E-state index in [1.54, 1.807) is 36.3 Å². The van der Waals surface area contributed by atoms with Crippen molar-refractivity contribution in [1.29, 1.82) is 0 Å². The highest BCUT2D eigenvalue weighted by molar-refractivity contribution is 5.90. The van der Waals surface area contributed by atoms with E-state index < -0.39 is 5.82 Å². The van der Waals surface area contributed by atoms with E-state index in [0.717, 1.165) is 16.8 Å². The standard InChI is InChI=1S/C17H14FN5O/c1-23-17-15(14(22-23)10-5-4-8-19-9-10)20-16(21-17)13-11(18)6-3-7-12(13)24-2/h3-9H,1-2H3,(H,20,21). The summed E-state index contributed by atoms with van der Waals surface area (Å²) in [5.41, 5.74) is 3.24. The second-order valence-electron chi connectivity index (χ2n) is 5.32. The molecular weight excluding hydrogens is 309 g/mol.